The van der Waals surface area contributed by atoms with Gasteiger partial charge >= 0.3 is 0 Å². The summed E-state index contributed by atoms with van der Waals surface area (Å²) in [4.78, 5) is 0. The highest BCUT2D eigenvalue weighted by Gasteiger charge is 2.23. The molecule has 0 saturated carbocycles. The molecule has 2 aromatic rings. The van der Waals surface area contributed by atoms with Crippen molar-refractivity contribution in [2.24, 2.45) is 0 Å². The van der Waals surface area contributed by atoms with Crippen LogP contribution in [0.15, 0.2) is 42.5 Å². The number of aryl methyl sites for hydroxylation is 1. The highest BCUT2D eigenvalue weighted by atomic mass is 16.5. The van der Waals surface area contributed by atoms with E-state index in [0.717, 1.165) is 5.56 Å². The molecule has 0 aromatic heterocycles. The van der Waals surface area contributed by atoms with Gasteiger partial charge in [-0.1, -0.05) is 18.2 Å². The molecule has 0 radical (unpaired) electrons. The Hall–Kier alpha value is -2.28. The van der Waals surface area contributed by atoms with E-state index in [1.165, 1.54) is 19.2 Å². The fourth-order valence-corrected chi connectivity index (χ4v) is 2.50. The number of aliphatic hydroxyl groups is 3. The second-order valence-corrected chi connectivity index (χ2v) is 5.69. The van der Waals surface area contributed by atoms with E-state index in [4.69, 9.17) is 14.6 Å². The summed E-state index contributed by atoms with van der Waals surface area (Å²) in [5.74, 6) is 0.997. The predicted octanol–water partition coefficient (Wildman–Crippen LogP) is 1.80. The summed E-state index contributed by atoms with van der Waals surface area (Å²) in [5.41, 5.74) is 1.52. The van der Waals surface area contributed by atoms with Crippen molar-refractivity contribution in [3.63, 3.8) is 0 Å². The maximum absolute atomic E-state index is 10.4. The third-order valence-corrected chi connectivity index (χ3v) is 3.90. The monoisotopic (exact) mass is 348 g/mol. The molecule has 2 aromatic carbocycles. The normalized spacial score (nSPS) is 13.3. The van der Waals surface area contributed by atoms with Crippen LogP contribution in [0.25, 0.3) is 0 Å². The molecule has 0 spiro atoms. The van der Waals surface area contributed by atoms with E-state index in [-0.39, 0.29) is 12.4 Å². The van der Waals surface area contributed by atoms with Crippen molar-refractivity contribution in [1.82, 2.24) is 0 Å². The summed E-state index contributed by atoms with van der Waals surface area (Å²) in [6.45, 7) is -0.274. The first-order valence-electron chi connectivity index (χ1n) is 8.11. The molecule has 2 rings (SSSR count). The lowest BCUT2D eigenvalue weighted by atomic mass is 10.0. The van der Waals surface area contributed by atoms with Gasteiger partial charge in [0.05, 0.1) is 13.7 Å². The highest BCUT2D eigenvalue weighted by molar-refractivity contribution is 5.43. The summed E-state index contributed by atoms with van der Waals surface area (Å²) >= 11 is 0. The van der Waals surface area contributed by atoms with Crippen molar-refractivity contribution in [2.45, 2.75) is 25.0 Å². The Kier molecular flexibility index (Phi) is 7.06. The van der Waals surface area contributed by atoms with Crippen molar-refractivity contribution in [3.05, 3.63) is 53.6 Å². The number of hydrogen-bond donors (Lipinski definition) is 4. The smallest absolute Gasteiger partial charge is 0.161 e. The Morgan fingerprint density at radius 1 is 1.00 bits per heavy atom. The van der Waals surface area contributed by atoms with Gasteiger partial charge in [0.15, 0.2) is 17.6 Å². The summed E-state index contributed by atoms with van der Waals surface area (Å²) in [6, 6.07) is 11.5. The van der Waals surface area contributed by atoms with Gasteiger partial charge in [0, 0.05) is 6.61 Å². The molecule has 0 heterocycles. The topological polar surface area (TPSA) is 99.4 Å². The van der Waals surface area contributed by atoms with Crippen LogP contribution in [0.4, 0.5) is 0 Å². The molecule has 25 heavy (non-hydrogen) atoms. The number of phenolic OH excluding ortho intramolecular Hbond substituents is 1. The van der Waals surface area contributed by atoms with Gasteiger partial charge in [0.2, 0.25) is 0 Å². The molecule has 0 aliphatic heterocycles. The molecule has 4 N–H and O–H groups in total. The first kappa shape index (κ1) is 19.1. The third kappa shape index (κ3) is 5.09. The maximum Gasteiger partial charge on any atom is 0.161 e. The zero-order chi connectivity index (χ0) is 18.2. The van der Waals surface area contributed by atoms with Gasteiger partial charge in [0.1, 0.15) is 11.9 Å². The molecular formula is C19H24O6. The first-order valence-corrected chi connectivity index (χ1v) is 8.11. The largest absolute Gasteiger partial charge is 0.508 e. The summed E-state index contributed by atoms with van der Waals surface area (Å²) in [5, 5.41) is 38.3. The van der Waals surface area contributed by atoms with Crippen molar-refractivity contribution in [1.29, 1.82) is 0 Å². The Morgan fingerprint density at radius 2 is 1.72 bits per heavy atom. The van der Waals surface area contributed by atoms with E-state index in [9.17, 15) is 15.3 Å². The molecule has 6 heteroatoms. The van der Waals surface area contributed by atoms with E-state index >= 15 is 0 Å². The minimum absolute atomic E-state index is 0.0950. The third-order valence-electron chi connectivity index (χ3n) is 3.90. The number of phenols is 1. The second-order valence-electron chi connectivity index (χ2n) is 5.69. The van der Waals surface area contributed by atoms with E-state index < -0.39 is 18.8 Å². The fourth-order valence-electron chi connectivity index (χ4n) is 2.50. The van der Waals surface area contributed by atoms with Crippen molar-refractivity contribution >= 4 is 0 Å². The van der Waals surface area contributed by atoms with Crippen LogP contribution in [0.1, 0.15) is 23.7 Å². The molecule has 0 amide bonds. The molecule has 0 aliphatic rings. The van der Waals surface area contributed by atoms with E-state index in [0.29, 0.717) is 29.9 Å². The van der Waals surface area contributed by atoms with Gasteiger partial charge in [-0.15, -0.1) is 0 Å². The lowest BCUT2D eigenvalue weighted by Crippen LogP contribution is -2.29. The molecule has 0 bridgehead atoms. The molecule has 2 atom stereocenters. The molecule has 0 fully saturated rings. The van der Waals surface area contributed by atoms with Crippen LogP contribution in [0, 0.1) is 0 Å². The number of rotatable bonds is 9. The highest BCUT2D eigenvalue weighted by Crippen LogP contribution is 2.32. The van der Waals surface area contributed by atoms with Crippen LogP contribution >= 0.6 is 0 Å². The molecule has 0 aliphatic carbocycles. The zero-order valence-electron chi connectivity index (χ0n) is 14.1. The molecule has 6 nitrogen and oxygen atoms in total. The summed E-state index contributed by atoms with van der Waals surface area (Å²) < 4.78 is 11.1. The number of ether oxygens (including phenoxy) is 2. The summed E-state index contributed by atoms with van der Waals surface area (Å²) in [6.07, 6.45) is -0.583. The molecule has 136 valence electrons. The van der Waals surface area contributed by atoms with Gasteiger partial charge in [-0.05, 0) is 48.2 Å². The van der Waals surface area contributed by atoms with Crippen LogP contribution in [0.3, 0.4) is 0 Å². The Balaban J connectivity index is 2.15. The Morgan fingerprint density at radius 3 is 2.32 bits per heavy atom. The number of hydrogen-bond acceptors (Lipinski definition) is 6. The van der Waals surface area contributed by atoms with Crippen LogP contribution in [-0.4, -0.2) is 46.9 Å². The van der Waals surface area contributed by atoms with Gasteiger partial charge in [-0.25, -0.2) is 0 Å². The van der Waals surface area contributed by atoms with Crippen LogP contribution < -0.4 is 9.47 Å². The van der Waals surface area contributed by atoms with Gasteiger partial charge in [-0.2, -0.15) is 0 Å². The van der Waals surface area contributed by atoms with E-state index in [1.54, 1.807) is 18.2 Å². The quantitative estimate of drug-likeness (QED) is 0.551. The summed E-state index contributed by atoms with van der Waals surface area (Å²) in [7, 11) is 1.52. The maximum atomic E-state index is 10.4. The van der Waals surface area contributed by atoms with Crippen molar-refractivity contribution in [2.75, 3.05) is 20.3 Å². The average molecular weight is 348 g/mol. The average Bonchev–Trinajstić information content (AvgIpc) is 2.64. The molecule has 0 unspecified atom stereocenters. The van der Waals surface area contributed by atoms with Crippen molar-refractivity contribution in [3.8, 4) is 17.2 Å². The number of aromatic hydroxyl groups is 1. The van der Waals surface area contributed by atoms with E-state index in [1.807, 2.05) is 12.1 Å². The van der Waals surface area contributed by atoms with Gasteiger partial charge in [0.25, 0.3) is 0 Å². The number of aliphatic hydroxyl groups excluding tert-OH is 3. The molecule has 0 saturated heterocycles. The number of methoxy groups -OCH3 is 1. The van der Waals surface area contributed by atoms with E-state index in [2.05, 4.69) is 0 Å². The van der Waals surface area contributed by atoms with Gasteiger partial charge < -0.3 is 29.9 Å². The van der Waals surface area contributed by atoms with Crippen molar-refractivity contribution < 1.29 is 29.9 Å². The zero-order valence-corrected chi connectivity index (χ0v) is 14.1. The lowest BCUT2D eigenvalue weighted by Gasteiger charge is -2.24. The Bertz CT molecular complexity index is 655. The second kappa shape index (κ2) is 9.27. The predicted molar refractivity (Wildman–Crippen MR) is 93.0 cm³/mol. The first-order chi connectivity index (χ1) is 12.1. The van der Waals surface area contributed by atoms with Crippen LogP contribution in [-0.2, 0) is 6.42 Å². The fraction of sp³-hybridized carbons (Fsp3) is 0.368. The SMILES string of the molecule is COc1cc(CCCO)ccc1O[C@@H](CO)[C@@H](O)c1ccc(O)cc1. The minimum Gasteiger partial charge on any atom is -0.508 e. The van der Waals surface area contributed by atoms with Crippen LogP contribution in [0.2, 0.25) is 0 Å². The molecular weight excluding hydrogens is 324 g/mol. The van der Waals surface area contributed by atoms with Gasteiger partial charge in [-0.3, -0.25) is 0 Å². The Labute approximate surface area is 146 Å². The lowest BCUT2D eigenvalue weighted by molar-refractivity contribution is -0.000433. The van der Waals surface area contributed by atoms with Crippen LogP contribution in [0.5, 0.6) is 17.2 Å². The minimum atomic E-state index is -1.07. The number of benzene rings is 2. The standard InChI is InChI=1S/C19H24O6/c1-24-17-11-13(3-2-10-20)4-9-16(17)25-18(12-21)19(23)14-5-7-15(22)8-6-14/h4-9,11,18-23H,2-3,10,12H2,1H3/t18-,19-/m0/s1.